The van der Waals surface area contributed by atoms with Crippen LogP contribution >= 0.6 is 0 Å². The Morgan fingerprint density at radius 1 is 1.07 bits per heavy atom. The smallest absolute Gasteiger partial charge is 0.241 e. The number of ether oxygens (including phenoxy) is 2. The largest absolute Gasteiger partial charge is 0.486 e. The summed E-state index contributed by atoms with van der Waals surface area (Å²) >= 11 is 0. The molecule has 1 aliphatic rings. The molecule has 0 saturated heterocycles. The highest BCUT2D eigenvalue weighted by Gasteiger charge is 2.20. The summed E-state index contributed by atoms with van der Waals surface area (Å²) in [5, 5.41) is 4.38. The Morgan fingerprint density at radius 2 is 1.81 bits per heavy atom. The van der Waals surface area contributed by atoms with Gasteiger partial charge >= 0.3 is 0 Å². The number of nitrogens with zero attached hydrogens (tertiary/aromatic N) is 3. The molecule has 0 bridgehead atoms. The number of aromatic nitrogens is 3. The molecule has 8 nitrogen and oxygen atoms in total. The molecule has 0 unspecified atom stereocenters. The molecule has 9 heteroatoms. The second kappa shape index (κ2) is 7.01. The molecule has 1 aromatic carbocycles. The maximum atomic E-state index is 12.6. The second-order valence-electron chi connectivity index (χ2n) is 6.01. The Balaban J connectivity index is 1.51. The summed E-state index contributed by atoms with van der Waals surface area (Å²) < 4.78 is 40.4. The summed E-state index contributed by atoms with van der Waals surface area (Å²) in [5.41, 5.74) is 2.46. The number of fused-ring (bicyclic) bond motifs is 1. The fourth-order valence-electron chi connectivity index (χ4n) is 2.85. The molecule has 2 aromatic heterocycles. The quantitative estimate of drug-likeness (QED) is 0.718. The molecule has 1 N–H and O–H groups in total. The van der Waals surface area contributed by atoms with Crippen molar-refractivity contribution in [2.75, 3.05) is 13.2 Å². The van der Waals surface area contributed by atoms with Crippen molar-refractivity contribution in [3.05, 3.63) is 54.5 Å². The van der Waals surface area contributed by atoms with Crippen LogP contribution in [0.25, 0.3) is 11.3 Å². The standard InChI is InChI=1S/C18H18N4O4S/c1-22-16(13-4-6-19-7-5-13)10-14(21-22)12-20-27(23,24)15-2-3-17-18(11-15)26-9-8-25-17/h2-7,10-11,20H,8-9,12H2,1H3. The third-order valence-corrected chi connectivity index (χ3v) is 5.57. The Bertz CT molecular complexity index is 1060. The van der Waals surface area contributed by atoms with Crippen molar-refractivity contribution in [2.45, 2.75) is 11.4 Å². The fraction of sp³-hybridized carbons (Fsp3) is 0.222. The van der Waals surface area contributed by atoms with Crippen molar-refractivity contribution in [3.63, 3.8) is 0 Å². The van der Waals surface area contributed by atoms with E-state index in [1.807, 2.05) is 25.2 Å². The van der Waals surface area contributed by atoms with Crippen molar-refractivity contribution in [3.8, 4) is 22.8 Å². The molecule has 0 radical (unpaired) electrons. The monoisotopic (exact) mass is 386 g/mol. The lowest BCUT2D eigenvalue weighted by molar-refractivity contribution is 0.171. The summed E-state index contributed by atoms with van der Waals surface area (Å²) in [4.78, 5) is 4.12. The van der Waals surface area contributed by atoms with Crippen molar-refractivity contribution in [1.82, 2.24) is 19.5 Å². The van der Waals surface area contributed by atoms with Crippen LogP contribution in [-0.2, 0) is 23.6 Å². The Morgan fingerprint density at radius 3 is 2.59 bits per heavy atom. The zero-order valence-electron chi connectivity index (χ0n) is 14.6. The van der Waals surface area contributed by atoms with E-state index in [9.17, 15) is 8.42 Å². The zero-order chi connectivity index (χ0) is 18.9. The molecule has 3 aromatic rings. The average Bonchev–Trinajstić information content (AvgIpc) is 3.07. The van der Waals surface area contributed by atoms with Gasteiger partial charge in [0.25, 0.3) is 0 Å². The van der Waals surface area contributed by atoms with E-state index in [0.717, 1.165) is 11.3 Å². The molecular formula is C18H18N4O4S. The van der Waals surface area contributed by atoms with Gasteiger partial charge in [0.1, 0.15) is 13.2 Å². The van der Waals surface area contributed by atoms with Gasteiger partial charge in [0.15, 0.2) is 11.5 Å². The van der Waals surface area contributed by atoms with Gasteiger partial charge in [0, 0.05) is 31.1 Å². The molecule has 140 valence electrons. The van der Waals surface area contributed by atoms with Crippen molar-refractivity contribution < 1.29 is 17.9 Å². The molecule has 3 heterocycles. The van der Waals surface area contributed by atoms with Crippen LogP contribution in [0.15, 0.2) is 53.7 Å². The minimum atomic E-state index is -3.70. The number of hydrogen-bond donors (Lipinski definition) is 1. The molecule has 0 atom stereocenters. The average molecular weight is 386 g/mol. The van der Waals surface area contributed by atoms with Crippen LogP contribution in [0.2, 0.25) is 0 Å². The first-order valence-corrected chi connectivity index (χ1v) is 9.84. The van der Waals surface area contributed by atoms with Crippen LogP contribution < -0.4 is 14.2 Å². The van der Waals surface area contributed by atoms with E-state index in [1.54, 1.807) is 23.1 Å². The van der Waals surface area contributed by atoms with E-state index in [0.29, 0.717) is 30.4 Å². The SMILES string of the molecule is Cn1nc(CNS(=O)(=O)c2ccc3c(c2)OCCO3)cc1-c1ccncc1. The number of nitrogens with one attached hydrogen (secondary N) is 1. The molecular weight excluding hydrogens is 368 g/mol. The molecule has 0 amide bonds. The molecule has 4 rings (SSSR count). The van der Waals surface area contributed by atoms with E-state index in [1.165, 1.54) is 12.1 Å². The predicted octanol–water partition coefficient (Wildman–Crippen LogP) is 1.73. The van der Waals surface area contributed by atoms with E-state index in [-0.39, 0.29) is 11.4 Å². The first-order chi connectivity index (χ1) is 13.0. The molecule has 0 spiro atoms. The fourth-order valence-corrected chi connectivity index (χ4v) is 3.86. The number of sulfonamides is 1. The zero-order valence-corrected chi connectivity index (χ0v) is 15.4. The van der Waals surface area contributed by atoms with Gasteiger partial charge in [-0.05, 0) is 30.3 Å². The van der Waals surface area contributed by atoms with Gasteiger partial charge < -0.3 is 9.47 Å². The summed E-state index contributed by atoms with van der Waals surface area (Å²) in [6.45, 7) is 0.933. The molecule has 0 aliphatic carbocycles. The highest BCUT2D eigenvalue weighted by molar-refractivity contribution is 7.89. The van der Waals surface area contributed by atoms with Gasteiger partial charge in [0.2, 0.25) is 10.0 Å². The highest BCUT2D eigenvalue weighted by atomic mass is 32.2. The van der Waals surface area contributed by atoms with Crippen LogP contribution in [0.1, 0.15) is 5.69 Å². The second-order valence-corrected chi connectivity index (χ2v) is 7.78. The summed E-state index contributed by atoms with van der Waals surface area (Å²) in [7, 11) is -1.89. The lowest BCUT2D eigenvalue weighted by Gasteiger charge is -2.18. The lowest BCUT2D eigenvalue weighted by atomic mass is 10.2. The van der Waals surface area contributed by atoms with Crippen molar-refractivity contribution in [1.29, 1.82) is 0 Å². The molecule has 27 heavy (non-hydrogen) atoms. The summed E-state index contributed by atoms with van der Waals surface area (Å²) in [6.07, 6.45) is 3.40. The van der Waals surface area contributed by atoms with Crippen LogP contribution in [0.3, 0.4) is 0 Å². The number of aryl methyl sites for hydroxylation is 1. The van der Waals surface area contributed by atoms with Gasteiger partial charge in [-0.3, -0.25) is 9.67 Å². The third kappa shape index (κ3) is 3.64. The minimum Gasteiger partial charge on any atom is -0.486 e. The number of rotatable bonds is 5. The van der Waals surface area contributed by atoms with E-state index in [2.05, 4.69) is 14.8 Å². The van der Waals surface area contributed by atoms with E-state index >= 15 is 0 Å². The first-order valence-electron chi connectivity index (χ1n) is 8.35. The van der Waals surface area contributed by atoms with Crippen LogP contribution in [0.5, 0.6) is 11.5 Å². The lowest BCUT2D eigenvalue weighted by Crippen LogP contribution is -2.24. The van der Waals surface area contributed by atoms with E-state index in [4.69, 9.17) is 9.47 Å². The first kappa shape index (κ1) is 17.5. The summed E-state index contributed by atoms with van der Waals surface area (Å²) in [6, 6.07) is 10.2. The normalized spacial score (nSPS) is 13.5. The van der Waals surface area contributed by atoms with Gasteiger partial charge in [-0.25, -0.2) is 13.1 Å². The summed E-state index contributed by atoms with van der Waals surface area (Å²) in [5.74, 6) is 0.980. The maximum Gasteiger partial charge on any atom is 0.241 e. The van der Waals surface area contributed by atoms with Gasteiger partial charge in [-0.1, -0.05) is 0 Å². The molecule has 1 aliphatic heterocycles. The van der Waals surface area contributed by atoms with Gasteiger partial charge in [0.05, 0.1) is 22.8 Å². The number of benzene rings is 1. The van der Waals surface area contributed by atoms with Crippen LogP contribution in [0, 0.1) is 0 Å². The Hall–Kier alpha value is -2.91. The predicted molar refractivity (Wildman–Crippen MR) is 97.9 cm³/mol. The van der Waals surface area contributed by atoms with Crippen LogP contribution in [-0.4, -0.2) is 36.4 Å². The molecule has 0 saturated carbocycles. The minimum absolute atomic E-state index is 0.0791. The maximum absolute atomic E-state index is 12.6. The van der Waals surface area contributed by atoms with Gasteiger partial charge in [-0.15, -0.1) is 0 Å². The van der Waals surface area contributed by atoms with E-state index < -0.39 is 10.0 Å². The Kier molecular flexibility index (Phi) is 4.54. The van der Waals surface area contributed by atoms with Crippen molar-refractivity contribution >= 4 is 10.0 Å². The van der Waals surface area contributed by atoms with Crippen molar-refractivity contribution in [2.24, 2.45) is 7.05 Å². The Labute approximate surface area is 156 Å². The topological polar surface area (TPSA) is 95.3 Å². The van der Waals surface area contributed by atoms with Gasteiger partial charge in [-0.2, -0.15) is 5.10 Å². The third-order valence-electron chi connectivity index (χ3n) is 4.17. The highest BCUT2D eigenvalue weighted by Crippen LogP contribution is 2.32. The number of hydrogen-bond acceptors (Lipinski definition) is 6. The number of pyridine rings is 1. The van der Waals surface area contributed by atoms with Crippen LogP contribution in [0.4, 0.5) is 0 Å². The molecule has 0 fully saturated rings.